The molecule has 2 bridgehead atoms. The molecule has 3 fully saturated rings. The molecule has 8 nitrogen and oxygen atoms in total. The number of aliphatic hydroxyl groups is 1. The van der Waals surface area contributed by atoms with Gasteiger partial charge in [-0.25, -0.2) is 0 Å². The molecule has 3 aliphatic rings. The number of carbonyl (C=O) groups excluding carboxylic acids is 3. The zero-order valence-electron chi connectivity index (χ0n) is 22.2. The average Bonchev–Trinajstić information content (AvgIpc) is 3.34. The second-order valence-corrected chi connectivity index (χ2v) is 11.1. The summed E-state index contributed by atoms with van der Waals surface area (Å²) in [6, 6.07) is 5.07. The van der Waals surface area contributed by atoms with E-state index in [-0.39, 0.29) is 30.2 Å². The molecule has 4 rings (SSSR count). The van der Waals surface area contributed by atoms with E-state index in [9.17, 15) is 19.5 Å². The SMILES string of the molecule is CCCNC(=O)[C@@H]1[C@H]2C(=O)N(CCCCCO)C(C(=O)Nc3cc(C)ccc3C)C23CC(C)[C@@]1(C)O3. The maximum absolute atomic E-state index is 14.0. The molecule has 3 N–H and O–H groups in total. The van der Waals surface area contributed by atoms with Gasteiger partial charge in [0.25, 0.3) is 0 Å². The number of unbranched alkanes of at least 4 members (excludes halogenated alkanes) is 2. The molecule has 3 amide bonds. The van der Waals surface area contributed by atoms with Crippen LogP contribution in [0.2, 0.25) is 0 Å². The molecule has 3 unspecified atom stereocenters. The highest BCUT2D eigenvalue weighted by atomic mass is 16.5. The number of ether oxygens (including phenoxy) is 1. The number of likely N-dealkylation sites (tertiary alicyclic amines) is 1. The number of nitrogens with one attached hydrogen (secondary N) is 2. The Morgan fingerprint density at radius 2 is 1.94 bits per heavy atom. The molecule has 0 aromatic heterocycles. The van der Waals surface area contributed by atoms with Gasteiger partial charge in [0.05, 0.1) is 17.4 Å². The van der Waals surface area contributed by atoms with E-state index < -0.39 is 29.1 Å². The minimum atomic E-state index is -1.04. The van der Waals surface area contributed by atoms with Crippen LogP contribution in [0.4, 0.5) is 5.69 Å². The fraction of sp³-hybridized carbons (Fsp3) is 0.679. The molecule has 1 aromatic rings. The maximum atomic E-state index is 14.0. The molecule has 36 heavy (non-hydrogen) atoms. The molecule has 8 heteroatoms. The number of aliphatic hydroxyl groups excluding tert-OH is 1. The lowest BCUT2D eigenvalue weighted by Crippen LogP contribution is -2.54. The Morgan fingerprint density at radius 3 is 2.64 bits per heavy atom. The number of hydrogen-bond donors (Lipinski definition) is 3. The molecular formula is C28H41N3O5. The number of aryl methyl sites for hydroxylation is 2. The predicted molar refractivity (Wildman–Crippen MR) is 137 cm³/mol. The second kappa shape index (κ2) is 10.1. The number of nitrogens with zero attached hydrogens (tertiary/aromatic N) is 1. The molecule has 1 spiro atoms. The highest BCUT2D eigenvalue weighted by Gasteiger charge is 2.79. The Labute approximate surface area is 214 Å². The smallest absolute Gasteiger partial charge is 0.250 e. The van der Waals surface area contributed by atoms with Crippen LogP contribution in [0.1, 0.15) is 64.0 Å². The first-order chi connectivity index (χ1) is 17.1. The van der Waals surface area contributed by atoms with Crippen molar-refractivity contribution in [3.63, 3.8) is 0 Å². The topological polar surface area (TPSA) is 108 Å². The van der Waals surface area contributed by atoms with E-state index in [1.165, 1.54) is 0 Å². The van der Waals surface area contributed by atoms with E-state index in [4.69, 9.17) is 4.74 Å². The Kier molecular flexibility index (Phi) is 7.49. The Balaban J connectivity index is 1.72. The van der Waals surface area contributed by atoms with Crippen LogP contribution in [-0.4, -0.2) is 64.7 Å². The van der Waals surface area contributed by atoms with Gasteiger partial charge in [-0.2, -0.15) is 0 Å². The van der Waals surface area contributed by atoms with Crippen LogP contribution < -0.4 is 10.6 Å². The van der Waals surface area contributed by atoms with Gasteiger partial charge in [0.1, 0.15) is 11.6 Å². The number of amides is 3. The van der Waals surface area contributed by atoms with Gasteiger partial charge in [-0.1, -0.05) is 26.0 Å². The Bertz CT molecular complexity index is 1030. The largest absolute Gasteiger partial charge is 0.396 e. The van der Waals surface area contributed by atoms with E-state index in [1.54, 1.807) is 4.90 Å². The van der Waals surface area contributed by atoms with E-state index in [2.05, 4.69) is 17.6 Å². The van der Waals surface area contributed by atoms with E-state index in [0.29, 0.717) is 32.4 Å². The molecule has 0 saturated carbocycles. The zero-order valence-corrected chi connectivity index (χ0v) is 22.2. The highest BCUT2D eigenvalue weighted by Crippen LogP contribution is 2.65. The molecular weight excluding hydrogens is 458 g/mol. The highest BCUT2D eigenvalue weighted by molar-refractivity contribution is 6.04. The summed E-state index contributed by atoms with van der Waals surface area (Å²) in [4.78, 5) is 43.0. The van der Waals surface area contributed by atoms with Crippen LogP contribution in [0.15, 0.2) is 18.2 Å². The lowest BCUT2D eigenvalue weighted by molar-refractivity contribution is -0.146. The summed E-state index contributed by atoms with van der Waals surface area (Å²) in [5, 5.41) is 15.3. The normalized spacial score (nSPS) is 32.6. The van der Waals surface area contributed by atoms with Gasteiger partial charge in [-0.05, 0) is 76.0 Å². The monoisotopic (exact) mass is 499 g/mol. The van der Waals surface area contributed by atoms with Crippen LogP contribution in [0, 0.1) is 31.6 Å². The Hall–Kier alpha value is -2.45. The van der Waals surface area contributed by atoms with Gasteiger partial charge in [-0.3, -0.25) is 14.4 Å². The first kappa shape index (κ1) is 26.6. The molecule has 3 aliphatic heterocycles. The van der Waals surface area contributed by atoms with Crippen LogP contribution >= 0.6 is 0 Å². The standard InChI is InChI=1S/C28H41N3O5/c1-6-12-29-24(33)21-22-26(35)31(13-8-7-9-14-32)23(28(22)16-19(4)27(21,5)36-28)25(34)30-20-15-17(2)10-11-18(20)3/h10-11,15,19,21-23,32H,6-9,12-14,16H2,1-5H3,(H,29,33)(H,30,34)/t19?,21-,22-,23?,27+,28?/m0/s1. The summed E-state index contributed by atoms with van der Waals surface area (Å²) in [5.41, 5.74) is 0.839. The third-order valence-electron chi connectivity index (χ3n) is 8.60. The fourth-order valence-corrected chi connectivity index (χ4v) is 6.68. The second-order valence-electron chi connectivity index (χ2n) is 11.1. The molecule has 3 saturated heterocycles. The molecule has 3 heterocycles. The van der Waals surface area contributed by atoms with E-state index >= 15 is 0 Å². The van der Waals surface area contributed by atoms with Crippen LogP contribution in [0.3, 0.4) is 0 Å². The number of benzene rings is 1. The number of carbonyl (C=O) groups is 3. The number of hydrogen-bond acceptors (Lipinski definition) is 5. The van der Waals surface area contributed by atoms with Crippen molar-refractivity contribution < 1.29 is 24.2 Å². The maximum Gasteiger partial charge on any atom is 0.250 e. The molecule has 0 aliphatic carbocycles. The molecule has 6 atom stereocenters. The molecule has 0 radical (unpaired) electrons. The summed E-state index contributed by atoms with van der Waals surface area (Å²) in [5.74, 6) is -1.92. The summed E-state index contributed by atoms with van der Waals surface area (Å²) < 4.78 is 6.73. The summed E-state index contributed by atoms with van der Waals surface area (Å²) >= 11 is 0. The van der Waals surface area contributed by atoms with Gasteiger partial charge in [0.2, 0.25) is 17.7 Å². The van der Waals surface area contributed by atoms with Crippen molar-refractivity contribution in [3.8, 4) is 0 Å². The van der Waals surface area contributed by atoms with E-state index in [1.807, 2.05) is 45.9 Å². The van der Waals surface area contributed by atoms with Gasteiger partial charge in [0, 0.05) is 25.4 Å². The predicted octanol–water partition coefficient (Wildman–Crippen LogP) is 2.94. The van der Waals surface area contributed by atoms with Crippen LogP contribution in [0.25, 0.3) is 0 Å². The average molecular weight is 500 g/mol. The molecule has 1 aromatic carbocycles. The third kappa shape index (κ3) is 4.22. The minimum Gasteiger partial charge on any atom is -0.396 e. The summed E-state index contributed by atoms with van der Waals surface area (Å²) in [7, 11) is 0. The van der Waals surface area contributed by atoms with E-state index in [0.717, 1.165) is 29.7 Å². The van der Waals surface area contributed by atoms with Crippen molar-refractivity contribution in [2.24, 2.45) is 17.8 Å². The summed E-state index contributed by atoms with van der Waals surface area (Å²) in [6.45, 7) is 10.9. The van der Waals surface area contributed by atoms with Crippen molar-refractivity contribution in [3.05, 3.63) is 29.3 Å². The third-order valence-corrected chi connectivity index (χ3v) is 8.60. The van der Waals surface area contributed by atoms with Crippen LogP contribution in [0.5, 0.6) is 0 Å². The van der Waals surface area contributed by atoms with Gasteiger partial charge < -0.3 is 25.4 Å². The zero-order chi connectivity index (χ0) is 26.3. The lowest BCUT2D eigenvalue weighted by Gasteiger charge is -2.36. The van der Waals surface area contributed by atoms with Gasteiger partial charge in [-0.15, -0.1) is 0 Å². The van der Waals surface area contributed by atoms with Gasteiger partial charge in [0.15, 0.2) is 0 Å². The van der Waals surface area contributed by atoms with Crippen molar-refractivity contribution in [1.82, 2.24) is 10.2 Å². The van der Waals surface area contributed by atoms with Crippen molar-refractivity contribution in [2.75, 3.05) is 25.0 Å². The quantitative estimate of drug-likeness (QED) is 0.429. The number of rotatable bonds is 10. The first-order valence-electron chi connectivity index (χ1n) is 13.4. The van der Waals surface area contributed by atoms with Crippen molar-refractivity contribution in [2.45, 2.75) is 84.0 Å². The first-order valence-corrected chi connectivity index (χ1v) is 13.4. The minimum absolute atomic E-state index is 0.0178. The van der Waals surface area contributed by atoms with Crippen LogP contribution in [-0.2, 0) is 19.1 Å². The number of anilines is 1. The number of fused-ring (bicyclic) bond motifs is 1. The summed E-state index contributed by atoms with van der Waals surface area (Å²) in [6.07, 6.45) is 3.41. The van der Waals surface area contributed by atoms with Crippen molar-refractivity contribution >= 4 is 23.4 Å². The Morgan fingerprint density at radius 1 is 1.19 bits per heavy atom. The van der Waals surface area contributed by atoms with Gasteiger partial charge >= 0.3 is 0 Å². The molecule has 198 valence electrons. The fourth-order valence-electron chi connectivity index (χ4n) is 6.68. The lowest BCUT2D eigenvalue weighted by atomic mass is 9.62. The van der Waals surface area contributed by atoms with Crippen molar-refractivity contribution in [1.29, 1.82) is 0 Å².